The van der Waals surface area contributed by atoms with Crippen molar-refractivity contribution in [3.63, 3.8) is 0 Å². The van der Waals surface area contributed by atoms with Gasteiger partial charge in [0.25, 0.3) is 5.91 Å². The molecule has 0 aliphatic carbocycles. The first kappa shape index (κ1) is 26.4. The van der Waals surface area contributed by atoms with Crippen LogP contribution in [0.1, 0.15) is 40.4 Å². The zero-order valence-corrected chi connectivity index (χ0v) is 22.2. The maximum absolute atomic E-state index is 15.0. The lowest BCUT2D eigenvalue weighted by Gasteiger charge is -2.15. The highest BCUT2D eigenvalue weighted by Crippen LogP contribution is 2.23. The number of H-pyrrole nitrogens is 1. The second kappa shape index (κ2) is 11.2. The number of hydrogen-bond donors (Lipinski definition) is 3. The van der Waals surface area contributed by atoms with Gasteiger partial charge in [-0.2, -0.15) is 5.10 Å². The third-order valence-corrected chi connectivity index (χ3v) is 6.01. The molecule has 0 aliphatic heterocycles. The van der Waals surface area contributed by atoms with E-state index in [4.69, 9.17) is 4.74 Å². The summed E-state index contributed by atoms with van der Waals surface area (Å²) >= 11 is 0. The van der Waals surface area contributed by atoms with Crippen molar-refractivity contribution in [2.24, 2.45) is 0 Å². The molecule has 1 unspecified atom stereocenters. The molecule has 5 heterocycles. The lowest BCUT2D eigenvalue weighted by molar-refractivity contribution is 0.0930. The van der Waals surface area contributed by atoms with Crippen LogP contribution in [-0.2, 0) is 0 Å². The Labute approximate surface area is 229 Å². The molecule has 5 rings (SSSR count). The van der Waals surface area contributed by atoms with E-state index in [1.54, 1.807) is 45.5 Å². The average molecular weight is 540 g/mol. The van der Waals surface area contributed by atoms with Crippen LogP contribution >= 0.6 is 0 Å². The Hall–Kier alpha value is -5.26. The van der Waals surface area contributed by atoms with E-state index in [0.717, 1.165) is 22.5 Å². The van der Waals surface area contributed by atoms with Gasteiger partial charge in [0, 0.05) is 59.3 Å². The Morgan fingerprint density at radius 1 is 0.950 bits per heavy atom. The van der Waals surface area contributed by atoms with Crippen LogP contribution < -0.4 is 15.4 Å². The Morgan fingerprint density at radius 2 is 1.77 bits per heavy atom. The fourth-order valence-electron chi connectivity index (χ4n) is 3.94. The first-order chi connectivity index (χ1) is 19.3. The van der Waals surface area contributed by atoms with Gasteiger partial charge in [-0.15, -0.1) is 0 Å². The van der Waals surface area contributed by atoms with Crippen LogP contribution in [0.25, 0.3) is 22.6 Å². The molecule has 1 atom stereocenters. The predicted molar refractivity (Wildman–Crippen MR) is 146 cm³/mol. The molecule has 5 aromatic heterocycles. The van der Waals surface area contributed by atoms with E-state index in [0.29, 0.717) is 28.8 Å². The van der Waals surface area contributed by atoms with Gasteiger partial charge in [0.15, 0.2) is 23.2 Å². The number of aryl methyl sites for hydroxylation is 2. The maximum atomic E-state index is 15.0. The van der Waals surface area contributed by atoms with Crippen LogP contribution in [0.2, 0.25) is 0 Å². The van der Waals surface area contributed by atoms with Crippen LogP contribution in [0.5, 0.6) is 5.88 Å². The normalized spacial score (nSPS) is 11.6. The fourth-order valence-corrected chi connectivity index (χ4v) is 3.94. The molecule has 0 spiro atoms. The highest BCUT2D eigenvalue weighted by molar-refractivity contribution is 5.93. The molecule has 202 valence electrons. The van der Waals surface area contributed by atoms with Crippen molar-refractivity contribution >= 4 is 17.5 Å². The number of halogens is 1. The number of rotatable bonds is 8. The van der Waals surface area contributed by atoms with Crippen LogP contribution in [0.15, 0.2) is 61.1 Å². The lowest BCUT2D eigenvalue weighted by Crippen LogP contribution is -2.28. The van der Waals surface area contributed by atoms with E-state index in [9.17, 15) is 4.79 Å². The van der Waals surface area contributed by atoms with Crippen LogP contribution in [0.4, 0.5) is 16.0 Å². The molecule has 5 aromatic rings. The van der Waals surface area contributed by atoms with Crippen molar-refractivity contribution in [2.75, 3.05) is 12.4 Å². The van der Waals surface area contributed by atoms with E-state index in [2.05, 4.69) is 45.8 Å². The molecule has 0 aromatic carbocycles. The summed E-state index contributed by atoms with van der Waals surface area (Å²) in [6.45, 7) is 5.47. The molecule has 12 heteroatoms. The Bertz CT molecular complexity index is 1650. The summed E-state index contributed by atoms with van der Waals surface area (Å²) in [5.74, 6) is 0.424. The van der Waals surface area contributed by atoms with Gasteiger partial charge in [-0.05, 0) is 44.5 Å². The Morgan fingerprint density at radius 3 is 2.42 bits per heavy atom. The van der Waals surface area contributed by atoms with Gasteiger partial charge in [0.2, 0.25) is 5.88 Å². The molecule has 0 aliphatic rings. The predicted octanol–water partition coefficient (Wildman–Crippen LogP) is 4.72. The zero-order valence-electron chi connectivity index (χ0n) is 22.2. The molecule has 1 amide bonds. The molecule has 40 heavy (non-hydrogen) atoms. The van der Waals surface area contributed by atoms with Gasteiger partial charge in [0.1, 0.15) is 5.82 Å². The number of carbonyl (C=O) groups is 1. The fraction of sp³-hybridized carbons (Fsp3) is 0.179. The summed E-state index contributed by atoms with van der Waals surface area (Å²) in [4.78, 5) is 34.4. The number of nitrogens with zero attached hydrogens (tertiary/aromatic N) is 6. The number of hydrogen-bond acceptors (Lipinski definition) is 9. The number of aromatic amines is 1. The maximum Gasteiger partial charge on any atom is 0.273 e. The van der Waals surface area contributed by atoms with Gasteiger partial charge in [-0.1, -0.05) is 6.07 Å². The third kappa shape index (κ3) is 5.90. The summed E-state index contributed by atoms with van der Waals surface area (Å²) in [5.41, 5.74) is 3.85. The average Bonchev–Trinajstić information content (AvgIpc) is 3.36. The van der Waals surface area contributed by atoms with Crippen molar-refractivity contribution in [3.8, 4) is 28.5 Å². The summed E-state index contributed by atoms with van der Waals surface area (Å²) in [6, 6.07) is 11.6. The van der Waals surface area contributed by atoms with E-state index in [-0.39, 0.29) is 11.5 Å². The standard InChI is InChI=1S/C28H26FN9O2/c1-15-9-23(35-24-10-16(2)37-38-24)36-27(33-15)20-11-21(29)26(32-14-20)28(39)34-17(3)18-5-7-22(30-12-18)19-6-8-25(40-4)31-13-19/h5-14,17H,1-4H3,(H,34,39)(H2,33,35,36,37,38). The lowest BCUT2D eigenvalue weighted by atomic mass is 10.1. The van der Waals surface area contributed by atoms with E-state index in [1.807, 2.05) is 31.2 Å². The third-order valence-electron chi connectivity index (χ3n) is 6.01. The molecule has 11 nitrogen and oxygen atoms in total. The van der Waals surface area contributed by atoms with Crippen molar-refractivity contribution in [1.29, 1.82) is 0 Å². The molecule has 0 bridgehead atoms. The first-order valence-electron chi connectivity index (χ1n) is 12.4. The van der Waals surface area contributed by atoms with Gasteiger partial charge < -0.3 is 15.4 Å². The number of anilines is 2. The second-order valence-corrected chi connectivity index (χ2v) is 9.09. The smallest absolute Gasteiger partial charge is 0.273 e. The number of ether oxygens (including phenoxy) is 1. The van der Waals surface area contributed by atoms with Crippen molar-refractivity contribution in [3.05, 3.63) is 89.5 Å². The molecule has 0 saturated carbocycles. The topological polar surface area (TPSA) is 143 Å². The second-order valence-electron chi connectivity index (χ2n) is 9.09. The van der Waals surface area contributed by atoms with E-state index >= 15 is 4.39 Å². The number of aromatic nitrogens is 7. The highest BCUT2D eigenvalue weighted by atomic mass is 19.1. The van der Waals surface area contributed by atoms with Crippen LogP contribution in [0, 0.1) is 19.7 Å². The van der Waals surface area contributed by atoms with Gasteiger partial charge in [0.05, 0.1) is 18.8 Å². The number of methoxy groups -OCH3 is 1. The number of carbonyl (C=O) groups excluding carboxylic acids is 1. The van der Waals surface area contributed by atoms with E-state index in [1.165, 1.54) is 12.3 Å². The Kier molecular flexibility index (Phi) is 7.40. The summed E-state index contributed by atoms with van der Waals surface area (Å²) < 4.78 is 20.1. The quantitative estimate of drug-likeness (QED) is 0.255. The summed E-state index contributed by atoms with van der Waals surface area (Å²) in [7, 11) is 1.55. The molecule has 3 N–H and O–H groups in total. The van der Waals surface area contributed by atoms with Gasteiger partial charge >= 0.3 is 0 Å². The monoisotopic (exact) mass is 539 g/mol. The molecule has 0 radical (unpaired) electrons. The van der Waals surface area contributed by atoms with E-state index < -0.39 is 17.8 Å². The van der Waals surface area contributed by atoms with Gasteiger partial charge in [-0.3, -0.25) is 14.9 Å². The van der Waals surface area contributed by atoms with Crippen LogP contribution in [0.3, 0.4) is 0 Å². The number of pyridine rings is 3. The minimum Gasteiger partial charge on any atom is -0.481 e. The molecular formula is C28H26FN9O2. The zero-order chi connectivity index (χ0) is 28.2. The van der Waals surface area contributed by atoms with Crippen molar-refractivity contribution in [1.82, 2.24) is 40.4 Å². The minimum absolute atomic E-state index is 0.264. The summed E-state index contributed by atoms with van der Waals surface area (Å²) in [6.07, 6.45) is 4.70. The molecule has 0 saturated heterocycles. The SMILES string of the molecule is COc1ccc(-c2ccc(C(C)NC(=O)c3ncc(-c4nc(C)cc(Nc5cc(C)[nH]n5)n4)cc3F)cn2)cn1. The Balaban J connectivity index is 1.28. The number of nitrogens with one attached hydrogen (secondary N) is 3. The highest BCUT2D eigenvalue weighted by Gasteiger charge is 2.19. The minimum atomic E-state index is -0.787. The largest absolute Gasteiger partial charge is 0.481 e. The summed E-state index contributed by atoms with van der Waals surface area (Å²) in [5, 5.41) is 12.8. The van der Waals surface area contributed by atoms with Crippen molar-refractivity contribution < 1.29 is 13.9 Å². The van der Waals surface area contributed by atoms with Crippen LogP contribution in [-0.4, -0.2) is 48.1 Å². The first-order valence-corrected chi connectivity index (χ1v) is 12.4. The van der Waals surface area contributed by atoms with Gasteiger partial charge in [-0.25, -0.2) is 24.3 Å². The molecular weight excluding hydrogens is 513 g/mol. The molecule has 0 fully saturated rings. The number of amides is 1. The van der Waals surface area contributed by atoms with Crippen molar-refractivity contribution in [2.45, 2.75) is 26.8 Å².